The zero-order valence-corrected chi connectivity index (χ0v) is 13.6. The molecule has 0 aliphatic carbocycles. The summed E-state index contributed by atoms with van der Waals surface area (Å²) in [6, 6.07) is 5.84. The first kappa shape index (κ1) is 16.3. The van der Waals surface area contributed by atoms with Crippen LogP contribution in [0, 0.1) is 5.82 Å². The van der Waals surface area contributed by atoms with E-state index in [1.165, 1.54) is 19.4 Å². The Morgan fingerprint density at radius 1 is 1.52 bits per heavy atom. The van der Waals surface area contributed by atoms with E-state index in [1.807, 2.05) is 13.1 Å². The molecular weight excluding hydrogens is 285 g/mol. The smallest absolute Gasteiger partial charge is 0.137 e. The molecule has 1 unspecified atom stereocenters. The van der Waals surface area contributed by atoms with Crippen molar-refractivity contribution in [3.05, 3.63) is 35.1 Å². The third kappa shape index (κ3) is 3.99. The van der Waals surface area contributed by atoms with E-state index in [-0.39, 0.29) is 10.8 Å². The number of nitrogens with two attached hydrogens (primary N) is 1. The Balaban J connectivity index is 2.01. The summed E-state index contributed by atoms with van der Waals surface area (Å²) in [7, 11) is 2.04. The highest BCUT2D eigenvalue weighted by Gasteiger charge is 2.24. The SMILES string of the molecule is CCN1CCCC1CN(C)Cc1cccc(C(N)=S)c1F. The molecule has 1 atom stereocenters. The Labute approximate surface area is 131 Å². The molecule has 5 heteroatoms. The normalized spacial score (nSPS) is 19.3. The number of halogens is 1. The third-order valence-corrected chi connectivity index (χ3v) is 4.43. The van der Waals surface area contributed by atoms with Gasteiger partial charge in [0.25, 0.3) is 0 Å². The van der Waals surface area contributed by atoms with Crippen molar-refractivity contribution in [2.24, 2.45) is 5.73 Å². The van der Waals surface area contributed by atoms with Crippen LogP contribution in [0.2, 0.25) is 0 Å². The van der Waals surface area contributed by atoms with Gasteiger partial charge in [0.05, 0.1) is 0 Å². The Kier molecular flexibility index (Phi) is 5.67. The number of hydrogen-bond acceptors (Lipinski definition) is 3. The Bertz CT molecular complexity index is 506. The van der Waals surface area contributed by atoms with Gasteiger partial charge in [-0.25, -0.2) is 4.39 Å². The van der Waals surface area contributed by atoms with Crippen molar-refractivity contribution in [2.75, 3.05) is 26.7 Å². The summed E-state index contributed by atoms with van der Waals surface area (Å²) < 4.78 is 14.3. The van der Waals surface area contributed by atoms with E-state index in [9.17, 15) is 4.39 Å². The number of benzene rings is 1. The average molecular weight is 309 g/mol. The molecule has 2 N–H and O–H groups in total. The molecule has 0 bridgehead atoms. The van der Waals surface area contributed by atoms with E-state index in [4.69, 9.17) is 18.0 Å². The fourth-order valence-electron chi connectivity index (χ4n) is 3.13. The standard InChI is InChI=1S/C16H24FN3S/c1-3-20-9-5-7-13(20)11-19(2)10-12-6-4-8-14(15(12)17)16(18)21/h4,6,8,13H,3,5,7,9-11H2,1-2H3,(H2,18,21). The molecule has 0 aromatic heterocycles. The van der Waals surface area contributed by atoms with Crippen molar-refractivity contribution in [3.8, 4) is 0 Å². The number of likely N-dealkylation sites (tertiary alicyclic amines) is 1. The molecule has 0 amide bonds. The first-order chi connectivity index (χ1) is 10.0. The van der Waals surface area contributed by atoms with Crippen molar-refractivity contribution >= 4 is 17.2 Å². The minimum atomic E-state index is -0.282. The molecule has 0 radical (unpaired) electrons. The maximum Gasteiger partial charge on any atom is 0.137 e. The predicted octanol–water partition coefficient (Wildman–Crippen LogP) is 2.38. The van der Waals surface area contributed by atoms with Crippen molar-refractivity contribution < 1.29 is 4.39 Å². The minimum Gasteiger partial charge on any atom is -0.389 e. The maximum atomic E-state index is 14.3. The molecule has 2 rings (SSSR count). The van der Waals surface area contributed by atoms with Crippen LogP contribution >= 0.6 is 12.2 Å². The van der Waals surface area contributed by atoms with Crippen LogP contribution in [0.1, 0.15) is 30.9 Å². The summed E-state index contributed by atoms with van der Waals surface area (Å²) in [5, 5.41) is 0. The van der Waals surface area contributed by atoms with Gasteiger partial charge in [-0.1, -0.05) is 31.3 Å². The number of nitrogens with zero attached hydrogens (tertiary/aromatic N) is 2. The Morgan fingerprint density at radius 3 is 2.95 bits per heavy atom. The molecule has 1 aliphatic heterocycles. The van der Waals surface area contributed by atoms with E-state index >= 15 is 0 Å². The van der Waals surface area contributed by atoms with E-state index in [2.05, 4.69) is 16.7 Å². The summed E-state index contributed by atoms with van der Waals surface area (Å²) >= 11 is 4.89. The molecule has 116 valence electrons. The topological polar surface area (TPSA) is 32.5 Å². The number of rotatable bonds is 6. The molecule has 1 fully saturated rings. The van der Waals surface area contributed by atoms with Crippen molar-refractivity contribution in [3.63, 3.8) is 0 Å². The highest BCUT2D eigenvalue weighted by Crippen LogP contribution is 2.19. The van der Waals surface area contributed by atoms with Gasteiger partial charge < -0.3 is 10.6 Å². The van der Waals surface area contributed by atoms with Gasteiger partial charge in [-0.3, -0.25) is 4.90 Å². The quantitative estimate of drug-likeness (QED) is 0.818. The minimum absolute atomic E-state index is 0.116. The molecule has 3 nitrogen and oxygen atoms in total. The van der Waals surface area contributed by atoms with Crippen LogP contribution in [-0.4, -0.2) is 47.5 Å². The van der Waals surface area contributed by atoms with Crippen LogP contribution < -0.4 is 5.73 Å². The van der Waals surface area contributed by atoms with Gasteiger partial charge in [0.1, 0.15) is 10.8 Å². The zero-order chi connectivity index (χ0) is 15.4. The summed E-state index contributed by atoms with van der Waals surface area (Å²) in [5.41, 5.74) is 6.55. The van der Waals surface area contributed by atoms with Gasteiger partial charge in [-0.05, 0) is 39.0 Å². The second-order valence-corrected chi connectivity index (χ2v) is 6.20. The van der Waals surface area contributed by atoms with Crippen LogP contribution in [0.15, 0.2) is 18.2 Å². The van der Waals surface area contributed by atoms with Crippen LogP contribution in [0.4, 0.5) is 4.39 Å². The lowest BCUT2D eigenvalue weighted by atomic mass is 10.1. The van der Waals surface area contributed by atoms with Gasteiger partial charge in [0.15, 0.2) is 0 Å². The number of hydrogen-bond donors (Lipinski definition) is 1. The number of likely N-dealkylation sites (N-methyl/N-ethyl adjacent to an activating group) is 2. The number of thiocarbonyl (C=S) groups is 1. The molecule has 0 saturated carbocycles. The van der Waals surface area contributed by atoms with Crippen molar-refractivity contribution in [1.82, 2.24) is 9.80 Å². The second-order valence-electron chi connectivity index (χ2n) is 5.76. The largest absolute Gasteiger partial charge is 0.389 e. The van der Waals surface area contributed by atoms with Gasteiger partial charge in [0, 0.05) is 30.3 Å². The van der Waals surface area contributed by atoms with Crippen LogP contribution in [0.5, 0.6) is 0 Å². The monoisotopic (exact) mass is 309 g/mol. The van der Waals surface area contributed by atoms with Crippen LogP contribution in [0.3, 0.4) is 0 Å². The fourth-order valence-corrected chi connectivity index (χ4v) is 3.28. The van der Waals surface area contributed by atoms with E-state index in [0.717, 1.165) is 13.1 Å². The summed E-state index contributed by atoms with van der Waals surface area (Å²) in [4.78, 5) is 4.79. The zero-order valence-electron chi connectivity index (χ0n) is 12.8. The van der Waals surface area contributed by atoms with E-state index in [0.29, 0.717) is 23.7 Å². The molecule has 21 heavy (non-hydrogen) atoms. The van der Waals surface area contributed by atoms with E-state index < -0.39 is 0 Å². The fraction of sp³-hybridized carbons (Fsp3) is 0.562. The molecular formula is C16H24FN3S. The summed E-state index contributed by atoms with van der Waals surface area (Å²) in [6.45, 7) is 6.01. The van der Waals surface area contributed by atoms with Crippen LogP contribution in [-0.2, 0) is 6.54 Å². The molecule has 1 saturated heterocycles. The van der Waals surface area contributed by atoms with Gasteiger partial charge in [-0.2, -0.15) is 0 Å². The second kappa shape index (κ2) is 7.29. The first-order valence-electron chi connectivity index (χ1n) is 7.52. The predicted molar refractivity (Wildman–Crippen MR) is 88.9 cm³/mol. The molecule has 0 spiro atoms. The lowest BCUT2D eigenvalue weighted by molar-refractivity contribution is 0.193. The Morgan fingerprint density at radius 2 is 2.29 bits per heavy atom. The van der Waals surface area contributed by atoms with Gasteiger partial charge in [-0.15, -0.1) is 0 Å². The molecule has 1 heterocycles. The average Bonchev–Trinajstić information content (AvgIpc) is 2.87. The lowest BCUT2D eigenvalue weighted by Gasteiger charge is -2.28. The molecule has 1 aromatic rings. The highest BCUT2D eigenvalue weighted by atomic mass is 32.1. The van der Waals surface area contributed by atoms with Gasteiger partial charge in [0.2, 0.25) is 0 Å². The van der Waals surface area contributed by atoms with Crippen LogP contribution in [0.25, 0.3) is 0 Å². The summed E-state index contributed by atoms with van der Waals surface area (Å²) in [5.74, 6) is -0.282. The summed E-state index contributed by atoms with van der Waals surface area (Å²) in [6.07, 6.45) is 2.49. The van der Waals surface area contributed by atoms with Gasteiger partial charge >= 0.3 is 0 Å². The first-order valence-corrected chi connectivity index (χ1v) is 7.93. The highest BCUT2D eigenvalue weighted by molar-refractivity contribution is 7.80. The third-order valence-electron chi connectivity index (χ3n) is 4.21. The maximum absolute atomic E-state index is 14.3. The van der Waals surface area contributed by atoms with E-state index in [1.54, 1.807) is 12.1 Å². The Hall–Kier alpha value is -1.04. The lowest BCUT2D eigenvalue weighted by Crippen LogP contribution is -2.38. The van der Waals surface area contributed by atoms with Crippen molar-refractivity contribution in [1.29, 1.82) is 0 Å². The molecule has 1 aromatic carbocycles. The molecule has 1 aliphatic rings. The van der Waals surface area contributed by atoms with Crippen molar-refractivity contribution in [2.45, 2.75) is 32.4 Å².